The van der Waals surface area contributed by atoms with Gasteiger partial charge in [0, 0.05) is 16.2 Å². The number of benzene rings is 1. The van der Waals surface area contributed by atoms with Crippen molar-refractivity contribution >= 4 is 33.4 Å². The minimum Gasteiger partial charge on any atom is -0.353 e. The van der Waals surface area contributed by atoms with Gasteiger partial charge in [0.15, 0.2) is 0 Å². The first-order valence-corrected chi connectivity index (χ1v) is 8.19. The predicted molar refractivity (Wildman–Crippen MR) is 87.1 cm³/mol. The largest absolute Gasteiger partial charge is 0.353 e. The van der Waals surface area contributed by atoms with Crippen LogP contribution in [0.25, 0.3) is 0 Å². The second-order valence-electron chi connectivity index (χ2n) is 5.59. The molecule has 114 valence electrons. The third kappa shape index (κ3) is 5.16. The molecule has 5 heteroatoms. The van der Waals surface area contributed by atoms with Crippen LogP contribution in [0.2, 0.25) is 0 Å². The van der Waals surface area contributed by atoms with E-state index in [1.165, 1.54) is 6.42 Å². The first kappa shape index (κ1) is 16.0. The van der Waals surface area contributed by atoms with E-state index in [0.717, 1.165) is 35.7 Å². The average Bonchev–Trinajstić information content (AvgIpc) is 2.43. The number of hydrogen-bond acceptors (Lipinski definition) is 2. The van der Waals surface area contributed by atoms with E-state index in [9.17, 15) is 9.59 Å². The zero-order chi connectivity index (χ0) is 15.2. The van der Waals surface area contributed by atoms with Crippen LogP contribution in [0, 0.1) is 6.92 Å². The van der Waals surface area contributed by atoms with Gasteiger partial charge in [-0.05, 0) is 43.5 Å². The summed E-state index contributed by atoms with van der Waals surface area (Å²) in [5.74, 6) is -0.460. The molecular weight excluding hydrogens is 332 g/mol. The molecule has 0 spiro atoms. The molecule has 0 bridgehead atoms. The number of rotatable bonds is 4. The highest BCUT2D eigenvalue weighted by molar-refractivity contribution is 9.10. The van der Waals surface area contributed by atoms with E-state index in [2.05, 4.69) is 26.6 Å². The first-order chi connectivity index (χ1) is 10.0. The molecule has 1 aliphatic carbocycles. The van der Waals surface area contributed by atoms with E-state index < -0.39 is 0 Å². The van der Waals surface area contributed by atoms with Gasteiger partial charge in [-0.1, -0.05) is 35.2 Å². The van der Waals surface area contributed by atoms with Crippen molar-refractivity contribution in [3.8, 4) is 0 Å². The summed E-state index contributed by atoms with van der Waals surface area (Å²) in [5, 5.41) is 5.71. The maximum Gasteiger partial charge on any atom is 0.233 e. The summed E-state index contributed by atoms with van der Waals surface area (Å²) in [6.07, 6.45) is 5.50. The first-order valence-electron chi connectivity index (χ1n) is 7.40. The Morgan fingerprint density at radius 3 is 2.57 bits per heavy atom. The van der Waals surface area contributed by atoms with Crippen LogP contribution in [0.15, 0.2) is 22.7 Å². The topological polar surface area (TPSA) is 58.2 Å². The lowest BCUT2D eigenvalue weighted by Crippen LogP contribution is -2.37. The van der Waals surface area contributed by atoms with Crippen LogP contribution in [0.1, 0.15) is 44.1 Å². The molecule has 21 heavy (non-hydrogen) atoms. The van der Waals surface area contributed by atoms with Crippen molar-refractivity contribution in [2.45, 2.75) is 51.5 Å². The summed E-state index contributed by atoms with van der Waals surface area (Å²) < 4.78 is 0.996. The van der Waals surface area contributed by atoms with Crippen molar-refractivity contribution < 1.29 is 9.59 Å². The van der Waals surface area contributed by atoms with Crippen molar-refractivity contribution in [2.24, 2.45) is 0 Å². The minimum absolute atomic E-state index is 0.119. The highest BCUT2D eigenvalue weighted by Gasteiger charge is 2.17. The molecule has 2 rings (SSSR count). The fraction of sp³-hybridized carbons (Fsp3) is 0.500. The number of halogens is 1. The summed E-state index contributed by atoms with van der Waals surface area (Å²) >= 11 is 3.41. The lowest BCUT2D eigenvalue weighted by Gasteiger charge is -2.22. The van der Waals surface area contributed by atoms with E-state index >= 15 is 0 Å². The quantitative estimate of drug-likeness (QED) is 0.814. The summed E-state index contributed by atoms with van der Waals surface area (Å²) in [6.45, 7) is 1.95. The third-order valence-corrected chi connectivity index (χ3v) is 4.62. The highest BCUT2D eigenvalue weighted by atomic mass is 79.9. The molecular formula is C16H21BrN2O2. The Kier molecular flexibility index (Phi) is 5.79. The van der Waals surface area contributed by atoms with Crippen molar-refractivity contribution in [3.05, 3.63) is 28.2 Å². The molecule has 1 fully saturated rings. The Morgan fingerprint density at radius 1 is 1.19 bits per heavy atom. The van der Waals surface area contributed by atoms with Crippen LogP contribution in [0.3, 0.4) is 0 Å². The Labute approximate surface area is 133 Å². The van der Waals surface area contributed by atoms with Gasteiger partial charge in [0.1, 0.15) is 6.42 Å². The number of anilines is 1. The van der Waals surface area contributed by atoms with Crippen LogP contribution >= 0.6 is 15.9 Å². The van der Waals surface area contributed by atoms with Crippen LogP contribution in [0.5, 0.6) is 0 Å². The maximum atomic E-state index is 11.9. The number of nitrogens with one attached hydrogen (secondary N) is 2. The summed E-state index contributed by atoms with van der Waals surface area (Å²) in [4.78, 5) is 23.7. The van der Waals surface area contributed by atoms with Gasteiger partial charge in [0.05, 0.1) is 0 Å². The molecule has 2 amide bonds. The Hall–Kier alpha value is -1.36. The Balaban J connectivity index is 1.80. The minimum atomic E-state index is -0.273. The van der Waals surface area contributed by atoms with Crippen LogP contribution in [-0.4, -0.2) is 17.9 Å². The predicted octanol–water partition coefficient (Wildman–Crippen LogP) is 3.54. The second kappa shape index (κ2) is 7.59. The van der Waals surface area contributed by atoms with Gasteiger partial charge in [-0.2, -0.15) is 0 Å². The van der Waals surface area contributed by atoms with Crippen LogP contribution < -0.4 is 10.6 Å². The van der Waals surface area contributed by atoms with Gasteiger partial charge in [-0.15, -0.1) is 0 Å². The van der Waals surface area contributed by atoms with Crippen LogP contribution in [-0.2, 0) is 9.59 Å². The zero-order valence-corrected chi connectivity index (χ0v) is 13.8. The van der Waals surface area contributed by atoms with E-state index in [1.54, 1.807) is 0 Å². The van der Waals surface area contributed by atoms with Crippen molar-refractivity contribution in [2.75, 3.05) is 5.32 Å². The molecule has 1 saturated carbocycles. The monoisotopic (exact) mass is 352 g/mol. The molecule has 2 N–H and O–H groups in total. The molecule has 0 aromatic heterocycles. The molecule has 1 aromatic rings. The molecule has 0 aliphatic heterocycles. The smallest absolute Gasteiger partial charge is 0.233 e. The van der Waals surface area contributed by atoms with Crippen molar-refractivity contribution in [1.82, 2.24) is 5.32 Å². The highest BCUT2D eigenvalue weighted by Crippen LogP contribution is 2.20. The van der Waals surface area contributed by atoms with E-state index in [4.69, 9.17) is 0 Å². The molecule has 4 nitrogen and oxygen atoms in total. The van der Waals surface area contributed by atoms with Gasteiger partial charge in [-0.25, -0.2) is 0 Å². The number of hydrogen-bond donors (Lipinski definition) is 2. The van der Waals surface area contributed by atoms with E-state index in [-0.39, 0.29) is 24.3 Å². The van der Waals surface area contributed by atoms with Gasteiger partial charge in [0.2, 0.25) is 11.8 Å². The fourth-order valence-electron chi connectivity index (χ4n) is 2.60. The van der Waals surface area contributed by atoms with Gasteiger partial charge >= 0.3 is 0 Å². The van der Waals surface area contributed by atoms with Gasteiger partial charge in [0.25, 0.3) is 0 Å². The SMILES string of the molecule is Cc1cc(NC(=O)CC(=O)NC2CCCCC2)ccc1Br. The molecule has 1 aromatic carbocycles. The maximum absolute atomic E-state index is 11.9. The molecule has 0 heterocycles. The van der Waals surface area contributed by atoms with Crippen molar-refractivity contribution in [3.63, 3.8) is 0 Å². The van der Waals surface area contributed by atoms with E-state index in [0.29, 0.717) is 5.69 Å². The normalized spacial score (nSPS) is 15.5. The molecule has 0 atom stereocenters. The van der Waals surface area contributed by atoms with Gasteiger partial charge in [-0.3, -0.25) is 9.59 Å². The second-order valence-corrected chi connectivity index (χ2v) is 6.45. The van der Waals surface area contributed by atoms with E-state index in [1.807, 2.05) is 25.1 Å². The molecule has 1 aliphatic rings. The van der Waals surface area contributed by atoms with Crippen LogP contribution in [0.4, 0.5) is 5.69 Å². The lowest BCUT2D eigenvalue weighted by molar-refractivity contribution is -0.127. The molecule has 0 radical (unpaired) electrons. The summed E-state index contributed by atoms with van der Waals surface area (Å²) in [6, 6.07) is 5.82. The van der Waals surface area contributed by atoms with Crippen molar-refractivity contribution in [1.29, 1.82) is 0 Å². The zero-order valence-electron chi connectivity index (χ0n) is 12.2. The average molecular weight is 353 g/mol. The Morgan fingerprint density at radius 2 is 1.90 bits per heavy atom. The molecule has 0 unspecified atom stereocenters. The number of carbonyl (C=O) groups is 2. The number of carbonyl (C=O) groups excluding carboxylic acids is 2. The summed E-state index contributed by atoms with van der Waals surface area (Å²) in [7, 11) is 0. The third-order valence-electron chi connectivity index (χ3n) is 3.73. The standard InChI is InChI=1S/C16H21BrN2O2/c1-11-9-13(7-8-14(11)17)19-16(21)10-15(20)18-12-5-3-2-4-6-12/h7-9,12H,2-6,10H2,1H3,(H,18,20)(H,19,21). The fourth-order valence-corrected chi connectivity index (χ4v) is 2.85. The number of aryl methyl sites for hydroxylation is 1. The Bertz CT molecular complexity index is 525. The summed E-state index contributed by atoms with van der Waals surface area (Å²) in [5.41, 5.74) is 1.76. The van der Waals surface area contributed by atoms with Gasteiger partial charge < -0.3 is 10.6 Å². The molecule has 0 saturated heterocycles. The lowest BCUT2D eigenvalue weighted by atomic mass is 9.95. The number of amides is 2.